The predicted molar refractivity (Wildman–Crippen MR) is 70.5 cm³/mol. The van der Waals surface area contributed by atoms with Crippen LogP contribution in [0.1, 0.15) is 29.4 Å². The van der Waals surface area contributed by atoms with Gasteiger partial charge in [-0.05, 0) is 30.7 Å². The normalized spacial score (nSPS) is 10.6. The first-order valence-electron chi connectivity index (χ1n) is 6.21. The van der Waals surface area contributed by atoms with E-state index in [1.165, 1.54) is 24.3 Å². The zero-order valence-corrected chi connectivity index (χ0v) is 10.9. The van der Waals surface area contributed by atoms with Crippen molar-refractivity contribution in [2.24, 2.45) is 0 Å². The van der Waals surface area contributed by atoms with Crippen molar-refractivity contribution in [2.45, 2.75) is 19.8 Å². The first-order chi connectivity index (χ1) is 9.51. The van der Waals surface area contributed by atoms with Gasteiger partial charge in [0.05, 0.1) is 17.0 Å². The highest BCUT2D eigenvalue weighted by molar-refractivity contribution is 5.89. The van der Waals surface area contributed by atoms with Crippen LogP contribution in [0.2, 0.25) is 0 Å². The summed E-state index contributed by atoms with van der Waals surface area (Å²) in [5, 5.41) is 9.08. The van der Waals surface area contributed by atoms with Crippen molar-refractivity contribution in [2.75, 3.05) is 0 Å². The van der Waals surface area contributed by atoms with Crippen molar-refractivity contribution in [1.29, 1.82) is 0 Å². The van der Waals surface area contributed by atoms with Crippen LogP contribution in [-0.4, -0.2) is 16.1 Å². The Bertz CT molecular complexity index is 636. The third-order valence-electron chi connectivity index (χ3n) is 2.85. The molecule has 1 aromatic heterocycles. The maximum absolute atomic E-state index is 13.2. The molecule has 5 heteroatoms. The van der Waals surface area contributed by atoms with E-state index in [9.17, 15) is 13.6 Å². The Balaban J connectivity index is 2.52. The molecule has 0 fully saturated rings. The number of halogens is 2. The summed E-state index contributed by atoms with van der Waals surface area (Å²) in [5.41, 5.74) is 1.18. The molecule has 104 valence electrons. The number of hydrogen-bond donors (Lipinski definition) is 1. The second-order valence-corrected chi connectivity index (χ2v) is 4.40. The Kier molecular flexibility index (Phi) is 4.08. The van der Waals surface area contributed by atoms with Crippen LogP contribution in [0.25, 0.3) is 11.3 Å². The van der Waals surface area contributed by atoms with Crippen molar-refractivity contribution in [3.05, 3.63) is 53.2 Å². The second kappa shape index (κ2) is 5.77. The van der Waals surface area contributed by atoms with E-state index < -0.39 is 17.6 Å². The monoisotopic (exact) mass is 277 g/mol. The maximum atomic E-state index is 13.2. The molecule has 20 heavy (non-hydrogen) atoms. The number of benzene rings is 1. The summed E-state index contributed by atoms with van der Waals surface area (Å²) in [7, 11) is 0. The summed E-state index contributed by atoms with van der Waals surface area (Å²) in [5.74, 6) is -2.44. The summed E-state index contributed by atoms with van der Waals surface area (Å²) in [6.45, 7) is 1.90. The lowest BCUT2D eigenvalue weighted by molar-refractivity contribution is 0.0695. The van der Waals surface area contributed by atoms with E-state index in [-0.39, 0.29) is 11.1 Å². The highest BCUT2D eigenvalue weighted by atomic mass is 19.1. The Morgan fingerprint density at radius 1 is 1.20 bits per heavy atom. The van der Waals surface area contributed by atoms with E-state index in [1.54, 1.807) is 0 Å². The number of carboxylic acids is 1. The molecule has 0 saturated carbocycles. The van der Waals surface area contributed by atoms with Crippen molar-refractivity contribution >= 4 is 5.97 Å². The van der Waals surface area contributed by atoms with Crippen LogP contribution in [0.15, 0.2) is 30.3 Å². The average Bonchev–Trinajstić information content (AvgIpc) is 2.37. The van der Waals surface area contributed by atoms with Crippen LogP contribution < -0.4 is 0 Å². The van der Waals surface area contributed by atoms with Gasteiger partial charge in [-0.15, -0.1) is 0 Å². The van der Waals surface area contributed by atoms with Gasteiger partial charge < -0.3 is 5.11 Å². The molecular weight excluding hydrogens is 264 g/mol. The van der Waals surface area contributed by atoms with Gasteiger partial charge in [0.1, 0.15) is 11.6 Å². The van der Waals surface area contributed by atoms with Gasteiger partial charge in [-0.25, -0.2) is 13.6 Å². The van der Waals surface area contributed by atoms with Gasteiger partial charge in [0.2, 0.25) is 0 Å². The Morgan fingerprint density at radius 3 is 2.40 bits per heavy atom. The number of carbonyl (C=O) groups is 1. The Morgan fingerprint density at radius 2 is 1.85 bits per heavy atom. The lowest BCUT2D eigenvalue weighted by atomic mass is 10.1. The first kappa shape index (κ1) is 14.1. The minimum Gasteiger partial charge on any atom is -0.478 e. The molecule has 0 aliphatic rings. The number of aromatic nitrogens is 1. The van der Waals surface area contributed by atoms with Gasteiger partial charge >= 0.3 is 5.97 Å². The van der Waals surface area contributed by atoms with Crippen LogP contribution in [0.5, 0.6) is 0 Å². The number of pyridine rings is 1. The minimum atomic E-state index is -1.06. The summed E-state index contributed by atoms with van der Waals surface area (Å²) in [6, 6.07) is 5.99. The fraction of sp³-hybridized carbons (Fsp3) is 0.200. The summed E-state index contributed by atoms with van der Waals surface area (Å²) >= 11 is 0. The summed E-state index contributed by atoms with van der Waals surface area (Å²) in [6.07, 6.45) is 1.22. The number of hydrogen-bond acceptors (Lipinski definition) is 2. The SMILES string of the molecule is CCCc1nc(-c2cc(F)cc(F)c2)ccc1C(=O)O. The smallest absolute Gasteiger partial charge is 0.337 e. The molecule has 0 bridgehead atoms. The molecule has 2 rings (SSSR count). The van der Waals surface area contributed by atoms with Crippen LogP contribution in [0.3, 0.4) is 0 Å². The largest absolute Gasteiger partial charge is 0.478 e. The van der Waals surface area contributed by atoms with Gasteiger partial charge in [-0.1, -0.05) is 13.3 Å². The van der Waals surface area contributed by atoms with Gasteiger partial charge in [-0.2, -0.15) is 0 Å². The van der Waals surface area contributed by atoms with Crippen LogP contribution in [-0.2, 0) is 6.42 Å². The van der Waals surface area contributed by atoms with Gasteiger partial charge in [0.15, 0.2) is 0 Å². The first-order valence-corrected chi connectivity index (χ1v) is 6.21. The number of nitrogens with zero attached hydrogens (tertiary/aromatic N) is 1. The molecule has 0 atom stereocenters. The standard InChI is InChI=1S/C15H13F2NO2/c1-2-3-14-12(15(19)20)4-5-13(18-14)9-6-10(16)8-11(17)7-9/h4-8H,2-3H2,1H3,(H,19,20). The zero-order chi connectivity index (χ0) is 14.7. The zero-order valence-electron chi connectivity index (χ0n) is 10.9. The fourth-order valence-corrected chi connectivity index (χ4v) is 1.99. The molecule has 0 aliphatic carbocycles. The molecule has 0 aliphatic heterocycles. The van der Waals surface area contributed by atoms with Crippen molar-refractivity contribution in [1.82, 2.24) is 4.98 Å². The molecule has 1 N–H and O–H groups in total. The third kappa shape index (κ3) is 2.99. The molecule has 1 aromatic carbocycles. The maximum Gasteiger partial charge on any atom is 0.337 e. The lowest BCUT2D eigenvalue weighted by Crippen LogP contribution is -2.05. The van der Waals surface area contributed by atoms with E-state index in [4.69, 9.17) is 5.11 Å². The number of aryl methyl sites for hydroxylation is 1. The van der Waals surface area contributed by atoms with Crippen LogP contribution in [0, 0.1) is 11.6 Å². The molecule has 2 aromatic rings. The molecule has 0 radical (unpaired) electrons. The van der Waals surface area contributed by atoms with Gasteiger partial charge in [-0.3, -0.25) is 4.98 Å². The van der Waals surface area contributed by atoms with E-state index in [0.717, 1.165) is 12.5 Å². The van der Waals surface area contributed by atoms with Crippen molar-refractivity contribution < 1.29 is 18.7 Å². The molecule has 0 amide bonds. The highest BCUT2D eigenvalue weighted by Gasteiger charge is 2.13. The quantitative estimate of drug-likeness (QED) is 0.927. The molecule has 3 nitrogen and oxygen atoms in total. The molecule has 1 heterocycles. The van der Waals surface area contributed by atoms with Crippen molar-refractivity contribution in [3.63, 3.8) is 0 Å². The van der Waals surface area contributed by atoms with Crippen LogP contribution in [0.4, 0.5) is 8.78 Å². The van der Waals surface area contributed by atoms with E-state index in [2.05, 4.69) is 4.98 Å². The predicted octanol–water partition coefficient (Wildman–Crippen LogP) is 3.68. The van der Waals surface area contributed by atoms with Crippen molar-refractivity contribution in [3.8, 4) is 11.3 Å². The fourth-order valence-electron chi connectivity index (χ4n) is 1.99. The number of carboxylic acid groups (broad SMARTS) is 1. The summed E-state index contributed by atoms with van der Waals surface area (Å²) in [4.78, 5) is 15.3. The van der Waals surface area contributed by atoms with E-state index >= 15 is 0 Å². The minimum absolute atomic E-state index is 0.118. The topological polar surface area (TPSA) is 50.2 Å². The number of rotatable bonds is 4. The second-order valence-electron chi connectivity index (χ2n) is 4.40. The molecule has 0 saturated heterocycles. The molecule has 0 unspecified atom stereocenters. The third-order valence-corrected chi connectivity index (χ3v) is 2.85. The Labute approximate surface area is 114 Å². The highest BCUT2D eigenvalue weighted by Crippen LogP contribution is 2.22. The molecule has 0 spiro atoms. The van der Waals surface area contributed by atoms with E-state index in [1.807, 2.05) is 6.92 Å². The van der Waals surface area contributed by atoms with Gasteiger partial charge in [0, 0.05) is 11.6 Å². The summed E-state index contributed by atoms with van der Waals surface area (Å²) < 4.78 is 26.4. The van der Waals surface area contributed by atoms with Gasteiger partial charge in [0.25, 0.3) is 0 Å². The van der Waals surface area contributed by atoms with E-state index in [0.29, 0.717) is 17.8 Å². The Hall–Kier alpha value is -2.30. The van der Waals surface area contributed by atoms with Crippen LogP contribution >= 0.6 is 0 Å². The molecular formula is C15H13F2NO2. The lowest BCUT2D eigenvalue weighted by Gasteiger charge is -2.08. The number of aromatic carboxylic acids is 1. The average molecular weight is 277 g/mol.